The summed E-state index contributed by atoms with van der Waals surface area (Å²) in [6, 6.07) is 7.22. The van der Waals surface area contributed by atoms with Crippen molar-refractivity contribution >= 4 is 15.9 Å². The van der Waals surface area contributed by atoms with Gasteiger partial charge in [0.15, 0.2) is 0 Å². The molecule has 0 N–H and O–H groups in total. The van der Waals surface area contributed by atoms with Crippen molar-refractivity contribution in [3.05, 3.63) is 59.2 Å². The molecule has 0 bridgehead atoms. The van der Waals surface area contributed by atoms with Gasteiger partial charge in [0.05, 0.1) is 11.1 Å². The summed E-state index contributed by atoms with van der Waals surface area (Å²) in [5, 5.41) is 0.346. The van der Waals surface area contributed by atoms with Crippen LogP contribution >= 0.6 is 15.9 Å². The van der Waals surface area contributed by atoms with Crippen LogP contribution in [0, 0.1) is 0 Å². The number of rotatable bonds is 2. The monoisotopic (exact) mass is 382 g/mol. The number of alkyl halides is 7. The van der Waals surface area contributed by atoms with Gasteiger partial charge in [-0.3, -0.25) is 0 Å². The summed E-state index contributed by atoms with van der Waals surface area (Å²) < 4.78 is 76.7. The Morgan fingerprint density at radius 1 is 0.773 bits per heavy atom. The maximum Gasteiger partial charge on any atom is 0.417 e. The lowest BCUT2D eigenvalue weighted by Crippen LogP contribution is -2.08. The van der Waals surface area contributed by atoms with Gasteiger partial charge in [0.25, 0.3) is 0 Å². The summed E-state index contributed by atoms with van der Waals surface area (Å²) in [6.45, 7) is 0. The Hall–Kier alpha value is -1.50. The molecule has 0 aromatic heterocycles. The molecule has 0 atom stereocenters. The van der Waals surface area contributed by atoms with E-state index in [0.29, 0.717) is 10.9 Å². The van der Waals surface area contributed by atoms with Crippen molar-refractivity contribution in [3.63, 3.8) is 0 Å². The zero-order chi connectivity index (χ0) is 16.5. The lowest BCUT2D eigenvalue weighted by Gasteiger charge is -2.15. The van der Waals surface area contributed by atoms with E-state index in [1.54, 1.807) is 0 Å². The van der Waals surface area contributed by atoms with Gasteiger partial charge >= 0.3 is 12.4 Å². The summed E-state index contributed by atoms with van der Waals surface area (Å²) in [6.07, 6.45) is -9.11. The van der Waals surface area contributed by atoms with Gasteiger partial charge in [0.1, 0.15) is 0 Å². The van der Waals surface area contributed by atoms with Gasteiger partial charge in [0.2, 0.25) is 0 Å². The van der Waals surface area contributed by atoms with Crippen molar-refractivity contribution in [3.8, 4) is 11.1 Å². The van der Waals surface area contributed by atoms with E-state index in [1.807, 2.05) is 0 Å². The molecule has 0 unspecified atom stereocenters. The lowest BCUT2D eigenvalue weighted by molar-refractivity contribution is -0.138. The van der Waals surface area contributed by atoms with Crippen molar-refractivity contribution in [2.24, 2.45) is 0 Å². The number of benzene rings is 2. The van der Waals surface area contributed by atoms with Gasteiger partial charge in [-0.25, -0.2) is 0 Å². The lowest BCUT2D eigenvalue weighted by atomic mass is 9.96. The molecule has 0 heterocycles. The van der Waals surface area contributed by atoms with Crippen LogP contribution in [0.25, 0.3) is 11.1 Å². The molecule has 0 saturated carbocycles. The number of halogens is 7. The van der Waals surface area contributed by atoms with Gasteiger partial charge in [-0.1, -0.05) is 34.1 Å². The average molecular weight is 383 g/mol. The van der Waals surface area contributed by atoms with E-state index in [0.717, 1.165) is 30.3 Å². The molecule has 0 aliphatic carbocycles. The largest absolute Gasteiger partial charge is 0.417 e. The minimum absolute atomic E-state index is 0.0862. The highest BCUT2D eigenvalue weighted by molar-refractivity contribution is 9.08. The van der Waals surface area contributed by atoms with Crippen LogP contribution in [0.3, 0.4) is 0 Å². The zero-order valence-corrected chi connectivity index (χ0v) is 12.5. The van der Waals surface area contributed by atoms with Crippen LogP contribution in [0.5, 0.6) is 0 Å². The van der Waals surface area contributed by atoms with E-state index in [2.05, 4.69) is 15.9 Å². The molecule has 2 rings (SSSR count). The van der Waals surface area contributed by atoms with Crippen molar-refractivity contribution in [1.29, 1.82) is 0 Å². The van der Waals surface area contributed by atoms with Gasteiger partial charge in [0, 0.05) is 5.33 Å². The predicted molar refractivity (Wildman–Crippen MR) is 74.5 cm³/mol. The maximum absolute atomic E-state index is 13.0. The predicted octanol–water partition coefficient (Wildman–Crippen LogP) is 6.29. The quantitative estimate of drug-likeness (QED) is 0.423. The molecule has 22 heavy (non-hydrogen) atoms. The molecule has 0 fully saturated rings. The molecule has 0 aliphatic rings. The topological polar surface area (TPSA) is 0 Å². The van der Waals surface area contributed by atoms with E-state index in [9.17, 15) is 26.3 Å². The minimum atomic E-state index is -4.58. The third kappa shape index (κ3) is 3.63. The first kappa shape index (κ1) is 16.9. The van der Waals surface area contributed by atoms with Gasteiger partial charge in [-0.15, -0.1) is 0 Å². The Morgan fingerprint density at radius 3 is 1.82 bits per heavy atom. The first-order valence-electron chi connectivity index (χ1n) is 6.06. The summed E-state index contributed by atoms with van der Waals surface area (Å²) in [4.78, 5) is 0. The molecular weight excluding hydrogens is 374 g/mol. The highest BCUT2D eigenvalue weighted by Gasteiger charge is 2.34. The van der Waals surface area contributed by atoms with Crippen molar-refractivity contribution in [2.75, 3.05) is 0 Å². The van der Waals surface area contributed by atoms with Crippen LogP contribution < -0.4 is 0 Å². The fourth-order valence-electron chi connectivity index (χ4n) is 2.00. The van der Waals surface area contributed by atoms with Crippen LogP contribution in [0.2, 0.25) is 0 Å². The van der Waals surface area contributed by atoms with E-state index in [4.69, 9.17) is 0 Å². The normalized spacial score (nSPS) is 12.5. The zero-order valence-electron chi connectivity index (χ0n) is 10.9. The SMILES string of the molecule is FC(F)(F)c1ccc(-c2cc(CBr)ccc2C(F)(F)F)cc1. The summed E-state index contributed by atoms with van der Waals surface area (Å²) >= 11 is 3.15. The first-order valence-corrected chi connectivity index (χ1v) is 7.19. The Bertz CT molecular complexity index is 655. The fourth-order valence-corrected chi connectivity index (χ4v) is 2.35. The Balaban J connectivity index is 2.55. The molecule has 0 nitrogen and oxygen atoms in total. The third-order valence-electron chi connectivity index (χ3n) is 3.07. The molecular formula is C15H9BrF6. The van der Waals surface area contributed by atoms with Crippen LogP contribution in [0.1, 0.15) is 16.7 Å². The number of hydrogen-bond donors (Lipinski definition) is 0. The van der Waals surface area contributed by atoms with Crippen LogP contribution in [0.4, 0.5) is 26.3 Å². The molecule has 0 radical (unpaired) electrons. The smallest absolute Gasteiger partial charge is 0.166 e. The van der Waals surface area contributed by atoms with E-state index >= 15 is 0 Å². The second-order valence-corrected chi connectivity index (χ2v) is 5.15. The summed E-state index contributed by atoms with van der Waals surface area (Å²) in [5.74, 6) is 0. The second kappa shape index (κ2) is 5.95. The Labute approximate surface area is 130 Å². The van der Waals surface area contributed by atoms with E-state index in [1.165, 1.54) is 12.1 Å². The highest BCUT2D eigenvalue weighted by atomic mass is 79.9. The maximum atomic E-state index is 13.0. The molecule has 0 aliphatic heterocycles. The van der Waals surface area contributed by atoms with Crippen molar-refractivity contribution < 1.29 is 26.3 Å². The highest BCUT2D eigenvalue weighted by Crippen LogP contribution is 2.39. The van der Waals surface area contributed by atoms with Crippen LogP contribution in [-0.4, -0.2) is 0 Å². The first-order chi connectivity index (χ1) is 10.1. The molecule has 0 spiro atoms. The molecule has 2 aromatic rings. The molecule has 0 saturated heterocycles. The van der Waals surface area contributed by atoms with E-state index in [-0.39, 0.29) is 11.1 Å². The Morgan fingerprint density at radius 2 is 1.36 bits per heavy atom. The Kier molecular flexibility index (Phi) is 4.56. The number of hydrogen-bond acceptors (Lipinski definition) is 0. The van der Waals surface area contributed by atoms with Gasteiger partial charge in [-0.2, -0.15) is 26.3 Å². The third-order valence-corrected chi connectivity index (χ3v) is 3.71. The summed E-state index contributed by atoms with van der Waals surface area (Å²) in [5.41, 5.74) is -1.23. The van der Waals surface area contributed by atoms with E-state index < -0.39 is 23.5 Å². The average Bonchev–Trinajstić information content (AvgIpc) is 2.45. The molecule has 118 valence electrons. The van der Waals surface area contributed by atoms with Gasteiger partial charge < -0.3 is 0 Å². The second-order valence-electron chi connectivity index (χ2n) is 4.59. The van der Waals surface area contributed by atoms with Gasteiger partial charge in [-0.05, 0) is 41.0 Å². The summed E-state index contributed by atoms with van der Waals surface area (Å²) in [7, 11) is 0. The van der Waals surface area contributed by atoms with Crippen LogP contribution in [-0.2, 0) is 17.7 Å². The molecule has 2 aromatic carbocycles. The molecule has 7 heteroatoms. The molecule has 0 amide bonds. The fraction of sp³-hybridized carbons (Fsp3) is 0.200. The standard InChI is InChI=1S/C15H9BrF6/c16-8-9-1-6-13(15(20,21)22)12(7-9)10-2-4-11(5-3-10)14(17,18)19/h1-7H,8H2. The minimum Gasteiger partial charge on any atom is -0.166 e. The van der Waals surface area contributed by atoms with Crippen molar-refractivity contribution in [1.82, 2.24) is 0 Å². The van der Waals surface area contributed by atoms with Crippen LogP contribution in [0.15, 0.2) is 42.5 Å². The van der Waals surface area contributed by atoms with Crippen molar-refractivity contribution in [2.45, 2.75) is 17.7 Å².